The third kappa shape index (κ3) is 2.11. The van der Waals surface area contributed by atoms with Gasteiger partial charge in [0, 0.05) is 6.54 Å². The average Bonchev–Trinajstić information content (AvgIpc) is 2.21. The van der Waals surface area contributed by atoms with Crippen molar-refractivity contribution in [3.05, 3.63) is 22.7 Å². The fraction of sp³-hybridized carbons (Fsp3) is 0.400. The molecule has 0 aliphatic rings. The van der Waals surface area contributed by atoms with Gasteiger partial charge < -0.3 is 14.8 Å². The van der Waals surface area contributed by atoms with Crippen LogP contribution in [-0.4, -0.2) is 21.3 Å². The van der Waals surface area contributed by atoms with Crippen molar-refractivity contribution in [1.29, 1.82) is 0 Å². The number of ether oxygens (including phenoxy) is 2. The van der Waals surface area contributed by atoms with E-state index in [1.807, 2.05) is 19.2 Å². The van der Waals surface area contributed by atoms with Crippen LogP contribution in [-0.2, 0) is 6.54 Å². The van der Waals surface area contributed by atoms with Gasteiger partial charge in [-0.25, -0.2) is 0 Å². The zero-order valence-electron chi connectivity index (χ0n) is 8.56. The van der Waals surface area contributed by atoms with Crippen LogP contribution in [0, 0.1) is 0 Å². The second-order valence-electron chi connectivity index (χ2n) is 2.80. The molecule has 0 amide bonds. The molecular weight excluding hydrogens is 202 g/mol. The highest BCUT2D eigenvalue weighted by molar-refractivity contribution is 6.33. The lowest BCUT2D eigenvalue weighted by molar-refractivity contribution is 0.354. The Labute approximate surface area is 89.0 Å². The number of nitrogens with one attached hydrogen (secondary N) is 1. The molecule has 0 spiro atoms. The molecule has 14 heavy (non-hydrogen) atoms. The van der Waals surface area contributed by atoms with Gasteiger partial charge in [-0.05, 0) is 18.7 Å². The number of benzene rings is 1. The van der Waals surface area contributed by atoms with Crippen molar-refractivity contribution in [2.45, 2.75) is 6.54 Å². The molecule has 4 heteroatoms. The van der Waals surface area contributed by atoms with Crippen molar-refractivity contribution < 1.29 is 9.47 Å². The summed E-state index contributed by atoms with van der Waals surface area (Å²) in [6.45, 7) is 0.708. The van der Waals surface area contributed by atoms with E-state index in [2.05, 4.69) is 5.32 Å². The van der Waals surface area contributed by atoms with E-state index in [1.54, 1.807) is 14.2 Å². The van der Waals surface area contributed by atoms with Crippen LogP contribution in [0.3, 0.4) is 0 Å². The SMILES string of the molecule is CNCc1ccc(OC)c(OC)c1Cl. The summed E-state index contributed by atoms with van der Waals surface area (Å²) in [6, 6.07) is 3.76. The van der Waals surface area contributed by atoms with E-state index >= 15 is 0 Å². The summed E-state index contributed by atoms with van der Waals surface area (Å²) in [4.78, 5) is 0. The summed E-state index contributed by atoms with van der Waals surface area (Å²) in [5, 5.41) is 3.63. The minimum Gasteiger partial charge on any atom is -0.493 e. The number of hydrogen-bond acceptors (Lipinski definition) is 3. The summed E-state index contributed by atoms with van der Waals surface area (Å²) < 4.78 is 10.3. The van der Waals surface area contributed by atoms with Gasteiger partial charge in [0.25, 0.3) is 0 Å². The van der Waals surface area contributed by atoms with E-state index in [9.17, 15) is 0 Å². The van der Waals surface area contributed by atoms with Gasteiger partial charge in [-0.15, -0.1) is 0 Å². The normalized spacial score (nSPS) is 10.0. The quantitative estimate of drug-likeness (QED) is 0.834. The molecule has 0 aliphatic carbocycles. The van der Waals surface area contributed by atoms with Gasteiger partial charge in [0.05, 0.1) is 19.2 Å². The lowest BCUT2D eigenvalue weighted by Crippen LogP contribution is -2.06. The Morgan fingerprint density at radius 3 is 2.50 bits per heavy atom. The molecule has 0 saturated heterocycles. The average molecular weight is 216 g/mol. The van der Waals surface area contributed by atoms with Crippen molar-refractivity contribution in [1.82, 2.24) is 5.32 Å². The zero-order valence-corrected chi connectivity index (χ0v) is 9.31. The number of methoxy groups -OCH3 is 2. The molecule has 1 N–H and O–H groups in total. The Hall–Kier alpha value is -0.930. The van der Waals surface area contributed by atoms with Gasteiger partial charge in [0.15, 0.2) is 11.5 Å². The molecule has 78 valence electrons. The first-order valence-corrected chi connectivity index (χ1v) is 4.66. The smallest absolute Gasteiger partial charge is 0.179 e. The molecule has 1 aromatic rings. The Kier molecular flexibility index (Phi) is 4.04. The van der Waals surface area contributed by atoms with Crippen LogP contribution < -0.4 is 14.8 Å². The minimum atomic E-state index is 0.585. The minimum absolute atomic E-state index is 0.585. The Bertz CT molecular complexity index is 315. The van der Waals surface area contributed by atoms with Crippen LogP contribution >= 0.6 is 11.6 Å². The van der Waals surface area contributed by atoms with Gasteiger partial charge >= 0.3 is 0 Å². The van der Waals surface area contributed by atoms with E-state index < -0.39 is 0 Å². The van der Waals surface area contributed by atoms with Crippen molar-refractivity contribution in [3.8, 4) is 11.5 Å². The summed E-state index contributed by atoms with van der Waals surface area (Å²) in [7, 11) is 5.03. The molecule has 1 rings (SSSR count). The van der Waals surface area contributed by atoms with Crippen molar-refractivity contribution in [3.63, 3.8) is 0 Å². The first-order valence-electron chi connectivity index (χ1n) is 4.28. The van der Waals surface area contributed by atoms with Crippen LogP contribution in [0.4, 0.5) is 0 Å². The molecule has 0 fully saturated rings. The maximum absolute atomic E-state index is 6.13. The number of rotatable bonds is 4. The molecule has 0 saturated carbocycles. The van der Waals surface area contributed by atoms with E-state index in [1.165, 1.54) is 0 Å². The van der Waals surface area contributed by atoms with Crippen LogP contribution in [0.25, 0.3) is 0 Å². The van der Waals surface area contributed by atoms with Crippen molar-refractivity contribution in [2.75, 3.05) is 21.3 Å². The number of hydrogen-bond donors (Lipinski definition) is 1. The summed E-state index contributed by atoms with van der Waals surface area (Å²) in [5.74, 6) is 1.24. The van der Waals surface area contributed by atoms with Gasteiger partial charge in [-0.2, -0.15) is 0 Å². The molecule has 0 aromatic heterocycles. The third-order valence-electron chi connectivity index (χ3n) is 1.93. The maximum atomic E-state index is 6.13. The van der Waals surface area contributed by atoms with Crippen LogP contribution in [0.5, 0.6) is 11.5 Å². The third-order valence-corrected chi connectivity index (χ3v) is 2.35. The second-order valence-corrected chi connectivity index (χ2v) is 3.18. The summed E-state index contributed by atoms with van der Waals surface area (Å²) >= 11 is 6.13. The van der Waals surface area contributed by atoms with Crippen LogP contribution in [0.1, 0.15) is 5.56 Å². The van der Waals surface area contributed by atoms with Crippen LogP contribution in [0.15, 0.2) is 12.1 Å². The molecule has 0 heterocycles. The first kappa shape index (κ1) is 11.1. The predicted octanol–water partition coefficient (Wildman–Crippen LogP) is 2.08. The van der Waals surface area contributed by atoms with Crippen LogP contribution in [0.2, 0.25) is 5.02 Å². The van der Waals surface area contributed by atoms with Crippen molar-refractivity contribution in [2.24, 2.45) is 0 Å². The molecular formula is C10H14ClNO2. The highest BCUT2D eigenvalue weighted by atomic mass is 35.5. The first-order chi connectivity index (χ1) is 6.74. The molecule has 0 bridgehead atoms. The fourth-order valence-corrected chi connectivity index (χ4v) is 1.56. The largest absolute Gasteiger partial charge is 0.493 e. The zero-order chi connectivity index (χ0) is 10.6. The van der Waals surface area contributed by atoms with Gasteiger partial charge in [-0.3, -0.25) is 0 Å². The highest BCUT2D eigenvalue weighted by Crippen LogP contribution is 2.37. The molecule has 0 unspecified atom stereocenters. The predicted molar refractivity (Wildman–Crippen MR) is 57.3 cm³/mol. The molecule has 0 aliphatic heterocycles. The summed E-state index contributed by atoms with van der Waals surface area (Å²) in [5.41, 5.74) is 0.992. The standard InChI is InChI=1S/C10H14ClNO2/c1-12-6-7-4-5-8(13-2)10(14-3)9(7)11/h4-5,12H,6H2,1-3H3. The molecule has 3 nitrogen and oxygen atoms in total. The van der Waals surface area contributed by atoms with E-state index in [0.29, 0.717) is 23.1 Å². The lowest BCUT2D eigenvalue weighted by atomic mass is 10.2. The Morgan fingerprint density at radius 2 is 2.00 bits per heavy atom. The topological polar surface area (TPSA) is 30.5 Å². The van der Waals surface area contributed by atoms with E-state index in [-0.39, 0.29) is 0 Å². The fourth-order valence-electron chi connectivity index (χ4n) is 1.26. The van der Waals surface area contributed by atoms with Gasteiger partial charge in [0.1, 0.15) is 0 Å². The van der Waals surface area contributed by atoms with E-state index in [0.717, 1.165) is 5.56 Å². The van der Waals surface area contributed by atoms with Crippen molar-refractivity contribution >= 4 is 11.6 Å². The Morgan fingerprint density at radius 1 is 1.29 bits per heavy atom. The van der Waals surface area contributed by atoms with Gasteiger partial charge in [-0.1, -0.05) is 17.7 Å². The molecule has 0 radical (unpaired) electrons. The molecule has 1 aromatic carbocycles. The Balaban J connectivity index is 3.13. The monoisotopic (exact) mass is 215 g/mol. The lowest BCUT2D eigenvalue weighted by Gasteiger charge is -2.12. The highest BCUT2D eigenvalue weighted by Gasteiger charge is 2.11. The summed E-state index contributed by atoms with van der Waals surface area (Å²) in [6.07, 6.45) is 0. The molecule has 0 atom stereocenters. The second kappa shape index (κ2) is 5.08. The maximum Gasteiger partial charge on any atom is 0.179 e. The van der Waals surface area contributed by atoms with E-state index in [4.69, 9.17) is 21.1 Å². The number of halogens is 1. The van der Waals surface area contributed by atoms with Gasteiger partial charge in [0.2, 0.25) is 0 Å².